The molecule has 250 valence electrons. The fraction of sp³-hybridized carbons (Fsp3) is 0.538. The Morgan fingerprint density at radius 1 is 0.935 bits per heavy atom. The molecule has 1 unspecified atom stereocenters. The summed E-state index contributed by atoms with van der Waals surface area (Å²) in [4.78, 5) is 2.40. The van der Waals surface area contributed by atoms with Crippen molar-refractivity contribution in [1.29, 1.82) is 0 Å². The molecule has 2 aliphatic rings. The molecular formula is C39H55FN2O3Si. The molecule has 3 aromatic rings. The molecule has 1 fully saturated rings. The summed E-state index contributed by atoms with van der Waals surface area (Å²) in [5, 5.41) is 3.71. The first kappa shape index (κ1) is 34.5. The predicted octanol–water partition coefficient (Wildman–Crippen LogP) is 8.69. The standard InChI is InChI=1S/C39H55FN2O3Si/c1-39(2,3)46(5,6)45-35-14-13-30-25-32(12-11-31(30)26-35)36-16-15-34(43-4)27-33(36)18-19-41-28-29-10-17-38(37(40)24-29)44-23-22-42-20-8-7-9-21-42/h10,13-17,24,26-27,32,41H,7-9,11-12,18-23,25,28H2,1-6H3. The van der Waals surface area contributed by atoms with E-state index in [9.17, 15) is 4.39 Å². The van der Waals surface area contributed by atoms with Crippen LogP contribution in [0.5, 0.6) is 17.2 Å². The fourth-order valence-electron chi connectivity index (χ4n) is 6.53. The van der Waals surface area contributed by atoms with E-state index in [-0.39, 0.29) is 10.9 Å². The topological polar surface area (TPSA) is 43.0 Å². The van der Waals surface area contributed by atoms with Gasteiger partial charge in [-0.15, -0.1) is 0 Å². The maximum absolute atomic E-state index is 14.8. The fourth-order valence-corrected chi connectivity index (χ4v) is 7.55. The average Bonchev–Trinajstić information content (AvgIpc) is 3.03. The number of nitrogens with zero attached hydrogens (tertiary/aromatic N) is 1. The molecule has 0 saturated carbocycles. The second kappa shape index (κ2) is 15.4. The van der Waals surface area contributed by atoms with E-state index in [4.69, 9.17) is 13.9 Å². The van der Waals surface area contributed by atoms with Gasteiger partial charge in [0.25, 0.3) is 0 Å². The molecule has 1 aliphatic heterocycles. The Hall–Kier alpha value is -2.87. The quantitative estimate of drug-likeness (QED) is 0.149. The average molecular weight is 647 g/mol. The summed E-state index contributed by atoms with van der Waals surface area (Å²) < 4.78 is 32.8. The molecule has 1 heterocycles. The Morgan fingerprint density at radius 3 is 2.46 bits per heavy atom. The highest BCUT2D eigenvalue weighted by Crippen LogP contribution is 2.40. The first-order chi connectivity index (χ1) is 22.0. The zero-order valence-electron chi connectivity index (χ0n) is 29.0. The number of likely N-dealkylation sites (tertiary alicyclic amines) is 1. The molecule has 5 rings (SSSR count). The maximum Gasteiger partial charge on any atom is 0.250 e. The van der Waals surface area contributed by atoms with Gasteiger partial charge in [-0.2, -0.15) is 0 Å². The van der Waals surface area contributed by atoms with Gasteiger partial charge in [0.2, 0.25) is 8.32 Å². The first-order valence-electron chi connectivity index (χ1n) is 17.3. The zero-order valence-corrected chi connectivity index (χ0v) is 30.0. The maximum atomic E-state index is 14.8. The molecule has 0 bridgehead atoms. The van der Waals surface area contributed by atoms with E-state index in [0.29, 0.717) is 24.8 Å². The molecule has 1 saturated heterocycles. The lowest BCUT2D eigenvalue weighted by Crippen LogP contribution is -2.43. The van der Waals surface area contributed by atoms with Gasteiger partial charge in [0.05, 0.1) is 7.11 Å². The van der Waals surface area contributed by atoms with E-state index >= 15 is 0 Å². The molecule has 5 nitrogen and oxygen atoms in total. The van der Waals surface area contributed by atoms with Gasteiger partial charge in [0, 0.05) is 13.1 Å². The van der Waals surface area contributed by atoms with Crippen LogP contribution < -0.4 is 19.2 Å². The normalized spacial score (nSPS) is 17.4. The number of rotatable bonds is 13. The van der Waals surface area contributed by atoms with Crippen molar-refractivity contribution >= 4 is 8.32 Å². The van der Waals surface area contributed by atoms with Crippen molar-refractivity contribution in [3.05, 3.63) is 88.2 Å². The van der Waals surface area contributed by atoms with Gasteiger partial charge in [-0.05, 0) is 146 Å². The van der Waals surface area contributed by atoms with Crippen LogP contribution in [0.1, 0.15) is 80.2 Å². The molecule has 1 atom stereocenters. The van der Waals surface area contributed by atoms with Crippen LogP contribution in [-0.4, -0.2) is 53.1 Å². The molecule has 3 aromatic carbocycles. The number of hydrogen-bond donors (Lipinski definition) is 1. The van der Waals surface area contributed by atoms with E-state index in [2.05, 4.69) is 80.5 Å². The van der Waals surface area contributed by atoms with Gasteiger partial charge >= 0.3 is 0 Å². The number of halogens is 1. The van der Waals surface area contributed by atoms with Gasteiger partial charge in [-0.1, -0.05) is 45.4 Å². The Kier molecular flexibility index (Phi) is 11.5. The van der Waals surface area contributed by atoms with E-state index in [1.165, 1.54) is 41.5 Å². The van der Waals surface area contributed by atoms with E-state index in [1.54, 1.807) is 19.2 Å². The summed E-state index contributed by atoms with van der Waals surface area (Å²) in [5.74, 6) is 2.44. The predicted molar refractivity (Wildman–Crippen MR) is 190 cm³/mol. The molecular weight excluding hydrogens is 592 g/mol. The number of nitrogens with one attached hydrogen (secondary N) is 1. The number of hydrogen-bond acceptors (Lipinski definition) is 5. The van der Waals surface area contributed by atoms with Gasteiger partial charge in [-0.3, -0.25) is 4.90 Å². The zero-order chi connectivity index (χ0) is 32.7. The summed E-state index contributed by atoms with van der Waals surface area (Å²) in [6.07, 6.45) is 7.91. The van der Waals surface area contributed by atoms with Crippen molar-refractivity contribution in [2.45, 2.75) is 96.3 Å². The van der Waals surface area contributed by atoms with Crippen LogP contribution in [0.2, 0.25) is 18.1 Å². The van der Waals surface area contributed by atoms with Crippen LogP contribution in [0.3, 0.4) is 0 Å². The number of methoxy groups -OCH3 is 1. The van der Waals surface area contributed by atoms with Gasteiger partial charge in [-0.25, -0.2) is 4.39 Å². The van der Waals surface area contributed by atoms with Crippen LogP contribution >= 0.6 is 0 Å². The third kappa shape index (κ3) is 8.93. The van der Waals surface area contributed by atoms with Gasteiger partial charge in [0.15, 0.2) is 11.6 Å². The molecule has 0 radical (unpaired) electrons. The van der Waals surface area contributed by atoms with E-state index in [1.807, 2.05) is 6.07 Å². The summed E-state index contributed by atoms with van der Waals surface area (Å²) >= 11 is 0. The number of ether oxygens (including phenoxy) is 2. The summed E-state index contributed by atoms with van der Waals surface area (Å²) in [6.45, 7) is 16.5. The molecule has 0 spiro atoms. The van der Waals surface area contributed by atoms with Crippen LogP contribution in [0, 0.1) is 5.82 Å². The number of benzene rings is 3. The summed E-state index contributed by atoms with van der Waals surface area (Å²) in [7, 11) is -0.142. The van der Waals surface area contributed by atoms with Crippen molar-refractivity contribution < 1.29 is 18.3 Å². The second-order valence-corrected chi connectivity index (χ2v) is 19.5. The monoisotopic (exact) mass is 646 g/mol. The Morgan fingerprint density at radius 2 is 1.72 bits per heavy atom. The molecule has 1 N–H and O–H groups in total. The van der Waals surface area contributed by atoms with Gasteiger partial charge < -0.3 is 19.2 Å². The van der Waals surface area contributed by atoms with Crippen LogP contribution in [-0.2, 0) is 25.8 Å². The number of aryl methyl sites for hydroxylation is 1. The SMILES string of the molecule is COc1ccc(C2CCc3cc(O[Si](C)(C)C(C)(C)C)ccc3C2)c(CCNCc2ccc(OCCN3CCCCC3)c(F)c2)c1. The Labute approximate surface area is 278 Å². The Balaban J connectivity index is 1.15. The van der Waals surface area contributed by atoms with E-state index in [0.717, 1.165) is 68.9 Å². The molecule has 0 aromatic heterocycles. The molecule has 1 aliphatic carbocycles. The number of piperidine rings is 1. The minimum absolute atomic E-state index is 0.176. The van der Waals surface area contributed by atoms with Crippen molar-refractivity contribution in [2.24, 2.45) is 0 Å². The lowest BCUT2D eigenvalue weighted by molar-refractivity contribution is 0.180. The second-order valence-electron chi connectivity index (χ2n) is 14.7. The van der Waals surface area contributed by atoms with Gasteiger partial charge in [0.1, 0.15) is 18.1 Å². The van der Waals surface area contributed by atoms with Crippen LogP contribution in [0.4, 0.5) is 4.39 Å². The largest absolute Gasteiger partial charge is 0.543 e. The molecule has 0 amide bonds. The van der Waals surface area contributed by atoms with Crippen molar-refractivity contribution in [2.75, 3.05) is 39.9 Å². The van der Waals surface area contributed by atoms with E-state index < -0.39 is 8.32 Å². The molecule has 46 heavy (non-hydrogen) atoms. The lowest BCUT2D eigenvalue weighted by Gasteiger charge is -2.37. The Bertz CT molecular complexity index is 1450. The van der Waals surface area contributed by atoms with Crippen molar-refractivity contribution in [1.82, 2.24) is 10.2 Å². The molecule has 7 heteroatoms. The van der Waals surface area contributed by atoms with Crippen LogP contribution in [0.15, 0.2) is 54.6 Å². The third-order valence-electron chi connectivity index (χ3n) is 10.4. The number of fused-ring (bicyclic) bond motifs is 1. The minimum atomic E-state index is -1.87. The smallest absolute Gasteiger partial charge is 0.250 e. The summed E-state index contributed by atoms with van der Waals surface area (Å²) in [5.41, 5.74) is 6.51. The first-order valence-corrected chi connectivity index (χ1v) is 20.2. The van der Waals surface area contributed by atoms with Crippen molar-refractivity contribution in [3.8, 4) is 17.2 Å². The highest BCUT2D eigenvalue weighted by Gasteiger charge is 2.39. The highest BCUT2D eigenvalue weighted by molar-refractivity contribution is 6.74. The summed E-state index contributed by atoms with van der Waals surface area (Å²) in [6, 6.07) is 18.6. The lowest BCUT2D eigenvalue weighted by atomic mass is 9.78. The highest BCUT2D eigenvalue weighted by atomic mass is 28.4. The minimum Gasteiger partial charge on any atom is -0.543 e. The van der Waals surface area contributed by atoms with Crippen molar-refractivity contribution in [3.63, 3.8) is 0 Å². The third-order valence-corrected chi connectivity index (χ3v) is 14.7. The van der Waals surface area contributed by atoms with Crippen LogP contribution in [0.25, 0.3) is 0 Å².